The van der Waals surface area contributed by atoms with Gasteiger partial charge in [-0.3, -0.25) is 0 Å². The van der Waals surface area contributed by atoms with E-state index in [0.29, 0.717) is 6.04 Å². The number of H-pyrrole nitrogens is 1. The number of nitrogens with one attached hydrogen (secondary N) is 2. The fraction of sp³-hybridized carbons (Fsp3) is 0.471. The smallest absolute Gasteiger partial charge is 0.107 e. The Balaban J connectivity index is 1.56. The van der Waals surface area contributed by atoms with E-state index in [4.69, 9.17) is 0 Å². The maximum atomic E-state index is 4.38. The summed E-state index contributed by atoms with van der Waals surface area (Å²) in [7, 11) is 2.09. The molecule has 1 heterocycles. The first-order valence-corrected chi connectivity index (χ1v) is 7.62. The maximum absolute atomic E-state index is 4.38. The molecule has 1 saturated carbocycles. The average molecular weight is 267 g/mol. The molecule has 0 spiro atoms. The van der Waals surface area contributed by atoms with E-state index in [-0.39, 0.29) is 0 Å². The number of rotatable bonds is 4. The Morgan fingerprint density at radius 3 is 3.10 bits per heavy atom. The Hall–Kier alpha value is -1.61. The summed E-state index contributed by atoms with van der Waals surface area (Å²) in [5.41, 5.74) is 3.18. The van der Waals surface area contributed by atoms with Gasteiger partial charge in [-0.05, 0) is 48.8 Å². The second-order valence-corrected chi connectivity index (χ2v) is 6.14. The van der Waals surface area contributed by atoms with Crippen LogP contribution >= 0.6 is 0 Å². The van der Waals surface area contributed by atoms with E-state index in [1.807, 2.05) is 12.4 Å². The fourth-order valence-electron chi connectivity index (χ4n) is 4.22. The molecule has 3 heteroatoms. The molecule has 2 N–H and O–H groups in total. The van der Waals surface area contributed by atoms with E-state index in [9.17, 15) is 0 Å². The van der Waals surface area contributed by atoms with Crippen molar-refractivity contribution in [1.82, 2.24) is 15.3 Å². The van der Waals surface area contributed by atoms with Gasteiger partial charge in [-0.2, -0.15) is 0 Å². The summed E-state index contributed by atoms with van der Waals surface area (Å²) in [6, 6.07) is 9.54. The fourth-order valence-corrected chi connectivity index (χ4v) is 4.22. The van der Waals surface area contributed by atoms with E-state index in [0.717, 1.165) is 30.0 Å². The van der Waals surface area contributed by atoms with Crippen LogP contribution in [0.5, 0.6) is 0 Å². The van der Waals surface area contributed by atoms with Crippen molar-refractivity contribution in [2.24, 2.45) is 11.8 Å². The van der Waals surface area contributed by atoms with Crippen molar-refractivity contribution in [3.05, 3.63) is 53.6 Å². The third-order valence-corrected chi connectivity index (χ3v) is 5.19. The summed E-state index contributed by atoms with van der Waals surface area (Å²) in [5, 5.41) is 3.53. The molecule has 0 bridgehead atoms. The van der Waals surface area contributed by atoms with Crippen LogP contribution < -0.4 is 5.32 Å². The summed E-state index contributed by atoms with van der Waals surface area (Å²) < 4.78 is 0. The number of aromatic amines is 1. The Bertz CT molecular complexity index is 590. The van der Waals surface area contributed by atoms with Crippen LogP contribution in [0.25, 0.3) is 0 Å². The van der Waals surface area contributed by atoms with Gasteiger partial charge in [0.25, 0.3) is 0 Å². The van der Waals surface area contributed by atoms with Gasteiger partial charge in [0.05, 0.1) is 0 Å². The van der Waals surface area contributed by atoms with Crippen LogP contribution in [0.1, 0.15) is 29.3 Å². The molecule has 104 valence electrons. The quantitative estimate of drug-likeness (QED) is 0.893. The minimum absolute atomic E-state index is 0.530. The molecule has 1 aromatic heterocycles. The van der Waals surface area contributed by atoms with Gasteiger partial charge in [-0.15, -0.1) is 0 Å². The SMILES string of the molecule is CNC(Cc1ncc[nH]1)C1C2CCc3ccccc3C21. The lowest BCUT2D eigenvalue weighted by Crippen LogP contribution is -2.31. The predicted octanol–water partition coefficient (Wildman–Crippen LogP) is 2.52. The number of hydrogen-bond acceptors (Lipinski definition) is 2. The lowest BCUT2D eigenvalue weighted by Gasteiger charge is -2.15. The monoisotopic (exact) mass is 267 g/mol. The maximum Gasteiger partial charge on any atom is 0.107 e. The Labute approximate surface area is 119 Å². The molecule has 2 aliphatic carbocycles. The molecule has 0 radical (unpaired) electrons. The molecule has 2 aromatic rings. The average Bonchev–Trinajstić information content (AvgIpc) is 3.00. The van der Waals surface area contributed by atoms with Crippen LogP contribution in [0.3, 0.4) is 0 Å². The number of likely N-dealkylation sites (N-methyl/N-ethyl adjacent to an activating group) is 1. The topological polar surface area (TPSA) is 40.7 Å². The van der Waals surface area contributed by atoms with Crippen LogP contribution in [0.2, 0.25) is 0 Å². The van der Waals surface area contributed by atoms with Crippen LogP contribution in [-0.4, -0.2) is 23.1 Å². The normalized spacial score (nSPS) is 28.6. The highest BCUT2D eigenvalue weighted by molar-refractivity contribution is 5.40. The molecule has 4 rings (SSSR count). The van der Waals surface area contributed by atoms with Gasteiger partial charge in [-0.25, -0.2) is 4.98 Å². The standard InChI is InChI=1S/C17H21N3/c1-18-14(10-15-19-8-9-20-15)17-13-7-6-11-4-2-3-5-12(11)16(13)17/h2-5,8-9,13-14,16-18H,6-7,10H2,1H3,(H,19,20). The van der Waals surface area contributed by atoms with Crippen LogP contribution in [0, 0.1) is 11.8 Å². The first kappa shape index (κ1) is 12.2. The molecule has 1 fully saturated rings. The zero-order valence-corrected chi connectivity index (χ0v) is 11.8. The first-order chi connectivity index (χ1) is 9.88. The molecular weight excluding hydrogens is 246 g/mol. The number of benzene rings is 1. The molecule has 0 saturated heterocycles. The summed E-state index contributed by atoms with van der Waals surface area (Å²) in [6.07, 6.45) is 7.37. The van der Waals surface area contributed by atoms with Crippen molar-refractivity contribution in [2.75, 3.05) is 7.05 Å². The van der Waals surface area contributed by atoms with Crippen LogP contribution in [-0.2, 0) is 12.8 Å². The number of imidazole rings is 1. The highest BCUT2D eigenvalue weighted by Crippen LogP contribution is 2.61. The van der Waals surface area contributed by atoms with E-state index < -0.39 is 0 Å². The van der Waals surface area contributed by atoms with Crippen LogP contribution in [0.4, 0.5) is 0 Å². The highest BCUT2D eigenvalue weighted by atomic mass is 14.9. The minimum Gasteiger partial charge on any atom is -0.349 e. The van der Waals surface area contributed by atoms with Crippen molar-refractivity contribution in [1.29, 1.82) is 0 Å². The lowest BCUT2D eigenvalue weighted by atomic mass is 9.92. The second-order valence-electron chi connectivity index (χ2n) is 6.14. The minimum atomic E-state index is 0.530. The van der Waals surface area contributed by atoms with Crippen molar-refractivity contribution >= 4 is 0 Å². The number of hydrogen-bond donors (Lipinski definition) is 2. The summed E-state index contributed by atoms with van der Waals surface area (Å²) >= 11 is 0. The number of nitrogens with zero attached hydrogens (tertiary/aromatic N) is 1. The molecule has 4 atom stereocenters. The predicted molar refractivity (Wildman–Crippen MR) is 79.6 cm³/mol. The zero-order chi connectivity index (χ0) is 13.5. The number of aryl methyl sites for hydroxylation is 1. The Kier molecular flexibility index (Phi) is 2.88. The van der Waals surface area contributed by atoms with Crippen molar-refractivity contribution in [2.45, 2.75) is 31.2 Å². The molecule has 3 nitrogen and oxygen atoms in total. The van der Waals surface area contributed by atoms with E-state index in [1.165, 1.54) is 12.8 Å². The van der Waals surface area contributed by atoms with Gasteiger partial charge < -0.3 is 10.3 Å². The first-order valence-electron chi connectivity index (χ1n) is 7.62. The summed E-state index contributed by atoms with van der Waals surface area (Å²) in [4.78, 5) is 7.61. The van der Waals surface area contributed by atoms with Gasteiger partial charge in [0.15, 0.2) is 0 Å². The molecule has 0 amide bonds. The molecule has 1 aromatic carbocycles. The Morgan fingerprint density at radius 1 is 1.40 bits per heavy atom. The molecule has 0 aliphatic heterocycles. The van der Waals surface area contributed by atoms with Crippen molar-refractivity contribution in [3.8, 4) is 0 Å². The number of fused-ring (bicyclic) bond motifs is 3. The molecular formula is C17H21N3. The van der Waals surface area contributed by atoms with E-state index >= 15 is 0 Å². The third-order valence-electron chi connectivity index (χ3n) is 5.19. The van der Waals surface area contributed by atoms with Gasteiger partial charge in [0.2, 0.25) is 0 Å². The molecule has 2 aliphatic rings. The third kappa shape index (κ3) is 1.88. The summed E-state index contributed by atoms with van der Waals surface area (Å²) in [6.45, 7) is 0. The van der Waals surface area contributed by atoms with Crippen molar-refractivity contribution in [3.63, 3.8) is 0 Å². The zero-order valence-electron chi connectivity index (χ0n) is 11.8. The molecule has 4 unspecified atom stereocenters. The Morgan fingerprint density at radius 2 is 2.30 bits per heavy atom. The number of aromatic nitrogens is 2. The lowest BCUT2D eigenvalue weighted by molar-refractivity contribution is 0.456. The largest absolute Gasteiger partial charge is 0.349 e. The summed E-state index contributed by atoms with van der Waals surface area (Å²) in [5.74, 6) is 3.51. The second kappa shape index (κ2) is 4.74. The molecule has 20 heavy (non-hydrogen) atoms. The van der Waals surface area contributed by atoms with Gasteiger partial charge in [0, 0.05) is 24.9 Å². The van der Waals surface area contributed by atoms with Crippen LogP contribution in [0.15, 0.2) is 36.7 Å². The van der Waals surface area contributed by atoms with E-state index in [2.05, 4.69) is 46.6 Å². The van der Waals surface area contributed by atoms with Crippen molar-refractivity contribution < 1.29 is 0 Å². The van der Waals surface area contributed by atoms with E-state index in [1.54, 1.807) is 11.1 Å². The van der Waals surface area contributed by atoms with Gasteiger partial charge in [0.1, 0.15) is 5.82 Å². The van der Waals surface area contributed by atoms with Gasteiger partial charge in [-0.1, -0.05) is 24.3 Å². The van der Waals surface area contributed by atoms with Gasteiger partial charge >= 0.3 is 0 Å². The highest BCUT2D eigenvalue weighted by Gasteiger charge is 2.55.